The molecule has 0 saturated heterocycles. The fourth-order valence-corrected chi connectivity index (χ4v) is 2.07. The SMILES string of the molecule is C=CC(=C)CCC=C(C)CCCCCCCCC. The van der Waals surface area contributed by atoms with Gasteiger partial charge in [-0.15, -0.1) is 0 Å². The summed E-state index contributed by atoms with van der Waals surface area (Å²) in [7, 11) is 0. The van der Waals surface area contributed by atoms with E-state index in [1.165, 1.54) is 51.4 Å². The van der Waals surface area contributed by atoms with Crippen LogP contribution in [0.15, 0.2) is 36.5 Å². The molecule has 0 aromatic heterocycles. The molecule has 0 heterocycles. The Morgan fingerprint density at radius 3 is 2.17 bits per heavy atom. The molecule has 0 saturated carbocycles. The zero-order valence-electron chi connectivity index (χ0n) is 12.6. The van der Waals surface area contributed by atoms with E-state index >= 15 is 0 Å². The second-order valence-electron chi connectivity index (χ2n) is 5.32. The predicted octanol–water partition coefficient (Wildman–Crippen LogP) is 6.60. The van der Waals surface area contributed by atoms with E-state index in [2.05, 4.69) is 33.1 Å². The van der Waals surface area contributed by atoms with Gasteiger partial charge in [-0.1, -0.05) is 81.9 Å². The summed E-state index contributed by atoms with van der Waals surface area (Å²) in [6, 6.07) is 0. The number of hydrogen-bond donors (Lipinski definition) is 0. The summed E-state index contributed by atoms with van der Waals surface area (Å²) in [5.41, 5.74) is 2.69. The smallest absolute Gasteiger partial charge is 0.0250 e. The Labute approximate surface area is 115 Å². The quantitative estimate of drug-likeness (QED) is 0.207. The maximum atomic E-state index is 3.93. The van der Waals surface area contributed by atoms with Crippen LogP contribution in [0.3, 0.4) is 0 Å². The first kappa shape index (κ1) is 17.2. The van der Waals surface area contributed by atoms with Crippen LogP contribution in [0, 0.1) is 0 Å². The van der Waals surface area contributed by atoms with Crippen molar-refractivity contribution >= 4 is 0 Å². The second kappa shape index (κ2) is 12.7. The van der Waals surface area contributed by atoms with Gasteiger partial charge in [0.15, 0.2) is 0 Å². The highest BCUT2D eigenvalue weighted by Gasteiger charge is 1.93. The third kappa shape index (κ3) is 11.7. The van der Waals surface area contributed by atoms with E-state index in [9.17, 15) is 0 Å². The Morgan fingerprint density at radius 1 is 0.944 bits per heavy atom. The molecule has 0 spiro atoms. The fourth-order valence-electron chi connectivity index (χ4n) is 2.07. The van der Waals surface area contributed by atoms with E-state index in [1.807, 2.05) is 6.08 Å². The summed E-state index contributed by atoms with van der Waals surface area (Å²) in [5, 5.41) is 0. The molecular formula is C18H32. The highest BCUT2D eigenvalue weighted by atomic mass is 14.0. The molecule has 0 aliphatic carbocycles. The minimum atomic E-state index is 1.05. The van der Waals surface area contributed by atoms with Gasteiger partial charge in [-0.2, -0.15) is 0 Å². The molecule has 0 fully saturated rings. The molecule has 104 valence electrons. The van der Waals surface area contributed by atoms with Crippen LogP contribution in [-0.2, 0) is 0 Å². The summed E-state index contributed by atoms with van der Waals surface area (Å²) < 4.78 is 0. The maximum absolute atomic E-state index is 3.93. The van der Waals surface area contributed by atoms with E-state index < -0.39 is 0 Å². The van der Waals surface area contributed by atoms with Crippen LogP contribution in [0.5, 0.6) is 0 Å². The second-order valence-corrected chi connectivity index (χ2v) is 5.32. The zero-order chi connectivity index (χ0) is 13.6. The van der Waals surface area contributed by atoms with E-state index in [0.717, 1.165) is 18.4 Å². The molecule has 0 heteroatoms. The van der Waals surface area contributed by atoms with Gasteiger partial charge >= 0.3 is 0 Å². The Balaban J connectivity index is 3.40. The topological polar surface area (TPSA) is 0 Å². The van der Waals surface area contributed by atoms with Gasteiger partial charge in [0.2, 0.25) is 0 Å². The number of allylic oxidation sites excluding steroid dienone is 4. The van der Waals surface area contributed by atoms with Crippen molar-refractivity contribution in [3.05, 3.63) is 36.5 Å². The molecule has 0 aromatic rings. The predicted molar refractivity (Wildman–Crippen MR) is 84.9 cm³/mol. The third-order valence-corrected chi connectivity index (χ3v) is 3.42. The van der Waals surface area contributed by atoms with Crippen LogP contribution in [0.1, 0.15) is 78.1 Å². The molecule has 0 amide bonds. The van der Waals surface area contributed by atoms with Gasteiger partial charge < -0.3 is 0 Å². The van der Waals surface area contributed by atoms with Gasteiger partial charge in [-0.3, -0.25) is 0 Å². The highest BCUT2D eigenvalue weighted by molar-refractivity contribution is 5.12. The molecule has 0 aliphatic heterocycles. The normalized spacial score (nSPS) is 11.6. The van der Waals surface area contributed by atoms with Crippen molar-refractivity contribution < 1.29 is 0 Å². The van der Waals surface area contributed by atoms with Crippen molar-refractivity contribution in [2.45, 2.75) is 78.1 Å². The summed E-state index contributed by atoms with van der Waals surface area (Å²) in [6.45, 7) is 12.2. The third-order valence-electron chi connectivity index (χ3n) is 3.42. The molecule has 0 aromatic carbocycles. The van der Waals surface area contributed by atoms with E-state index in [4.69, 9.17) is 0 Å². The minimum absolute atomic E-state index is 1.05. The molecule has 0 rings (SSSR count). The Hall–Kier alpha value is -0.780. The summed E-state index contributed by atoms with van der Waals surface area (Å²) in [5.74, 6) is 0. The molecule has 0 radical (unpaired) electrons. The first-order chi connectivity index (χ1) is 8.70. The van der Waals surface area contributed by atoms with E-state index in [-0.39, 0.29) is 0 Å². The summed E-state index contributed by atoms with van der Waals surface area (Å²) in [4.78, 5) is 0. The van der Waals surface area contributed by atoms with Gasteiger partial charge in [0.1, 0.15) is 0 Å². The van der Waals surface area contributed by atoms with Gasteiger partial charge in [-0.25, -0.2) is 0 Å². The van der Waals surface area contributed by atoms with Crippen molar-refractivity contribution in [2.75, 3.05) is 0 Å². The van der Waals surface area contributed by atoms with Crippen LogP contribution >= 0.6 is 0 Å². The molecular weight excluding hydrogens is 216 g/mol. The van der Waals surface area contributed by atoms with Crippen LogP contribution in [0.2, 0.25) is 0 Å². The lowest BCUT2D eigenvalue weighted by atomic mass is 10.0. The van der Waals surface area contributed by atoms with Gasteiger partial charge in [0.25, 0.3) is 0 Å². The average Bonchev–Trinajstić information content (AvgIpc) is 2.37. The molecule has 0 unspecified atom stereocenters. The van der Waals surface area contributed by atoms with Crippen molar-refractivity contribution in [3.63, 3.8) is 0 Å². The zero-order valence-corrected chi connectivity index (χ0v) is 12.6. The lowest BCUT2D eigenvalue weighted by Gasteiger charge is -2.03. The van der Waals surface area contributed by atoms with Crippen molar-refractivity contribution in [3.8, 4) is 0 Å². The Morgan fingerprint density at radius 2 is 1.56 bits per heavy atom. The first-order valence-electron chi connectivity index (χ1n) is 7.66. The standard InChI is InChI=1S/C18H32/c1-5-7-8-9-10-11-12-14-18(4)16-13-15-17(3)6-2/h6,16H,2-3,5,7-15H2,1,4H3. The lowest BCUT2D eigenvalue weighted by molar-refractivity contribution is 0.588. The fraction of sp³-hybridized carbons (Fsp3) is 0.667. The molecule has 18 heavy (non-hydrogen) atoms. The van der Waals surface area contributed by atoms with Crippen molar-refractivity contribution in [1.82, 2.24) is 0 Å². The number of rotatable bonds is 12. The summed E-state index contributed by atoms with van der Waals surface area (Å²) in [6.07, 6.45) is 17.4. The minimum Gasteiger partial charge on any atom is -0.0988 e. The molecule has 0 nitrogen and oxygen atoms in total. The lowest BCUT2D eigenvalue weighted by Crippen LogP contribution is -1.83. The average molecular weight is 248 g/mol. The number of unbranched alkanes of at least 4 members (excludes halogenated alkanes) is 6. The molecule has 0 N–H and O–H groups in total. The molecule has 0 bridgehead atoms. The van der Waals surface area contributed by atoms with Gasteiger partial charge in [0, 0.05) is 0 Å². The monoisotopic (exact) mass is 248 g/mol. The van der Waals surface area contributed by atoms with Gasteiger partial charge in [-0.05, 0) is 32.6 Å². The summed E-state index contributed by atoms with van der Waals surface area (Å²) >= 11 is 0. The van der Waals surface area contributed by atoms with Crippen molar-refractivity contribution in [2.24, 2.45) is 0 Å². The van der Waals surface area contributed by atoms with Crippen molar-refractivity contribution in [1.29, 1.82) is 0 Å². The van der Waals surface area contributed by atoms with Gasteiger partial charge in [0.05, 0.1) is 0 Å². The molecule has 0 aliphatic rings. The highest BCUT2D eigenvalue weighted by Crippen LogP contribution is 2.13. The van der Waals surface area contributed by atoms with Crippen LogP contribution in [0.25, 0.3) is 0 Å². The Kier molecular flexibility index (Phi) is 12.1. The van der Waals surface area contributed by atoms with E-state index in [0.29, 0.717) is 0 Å². The van der Waals surface area contributed by atoms with Crippen LogP contribution in [0.4, 0.5) is 0 Å². The first-order valence-corrected chi connectivity index (χ1v) is 7.66. The van der Waals surface area contributed by atoms with E-state index in [1.54, 1.807) is 5.57 Å². The number of hydrogen-bond acceptors (Lipinski definition) is 0. The molecule has 0 atom stereocenters. The van der Waals surface area contributed by atoms with Crippen LogP contribution in [-0.4, -0.2) is 0 Å². The maximum Gasteiger partial charge on any atom is -0.0250 e. The van der Waals surface area contributed by atoms with Crippen LogP contribution < -0.4 is 0 Å². The Bertz CT molecular complexity index is 245. The largest absolute Gasteiger partial charge is 0.0988 e.